The molecule has 4 aliphatic rings. The molecular weight excluding hydrogens is 358 g/mol. The summed E-state index contributed by atoms with van der Waals surface area (Å²) in [5.41, 5.74) is 2.93. The highest BCUT2D eigenvalue weighted by atomic mass is 16.2. The van der Waals surface area contributed by atoms with E-state index in [0.717, 1.165) is 23.0 Å². The summed E-state index contributed by atoms with van der Waals surface area (Å²) in [7, 11) is 0. The monoisotopic (exact) mass is 383 g/mol. The van der Waals surface area contributed by atoms with Gasteiger partial charge in [-0.15, -0.1) is 0 Å². The highest BCUT2D eigenvalue weighted by molar-refractivity contribution is 6.05. The normalized spacial score (nSPS) is 30.5. The van der Waals surface area contributed by atoms with Crippen molar-refractivity contribution in [1.82, 2.24) is 14.8 Å². The van der Waals surface area contributed by atoms with E-state index in [9.17, 15) is 4.79 Å². The zero-order valence-electron chi connectivity index (χ0n) is 16.4. The van der Waals surface area contributed by atoms with Gasteiger partial charge in [0.1, 0.15) is 0 Å². The Morgan fingerprint density at radius 3 is 2.52 bits per heavy atom. The zero-order chi connectivity index (χ0) is 19.4. The summed E-state index contributed by atoms with van der Waals surface area (Å²) < 4.78 is 0. The second-order valence-electron chi connectivity index (χ2n) is 8.71. The van der Waals surface area contributed by atoms with Crippen molar-refractivity contribution in [2.24, 2.45) is 5.92 Å². The number of pyridine rings is 1. The SMILES string of the molecule is O=C(c1cccc2cccnc12)N1C[C@@H](c2ccccc2)[C@@H]2[C@H]1C1CCN2CC1. The number of likely N-dealkylation sites (tertiary alicyclic amines) is 1. The molecule has 4 fully saturated rings. The molecule has 4 saturated heterocycles. The molecule has 29 heavy (non-hydrogen) atoms. The van der Waals surface area contributed by atoms with E-state index >= 15 is 0 Å². The van der Waals surface area contributed by atoms with Crippen LogP contribution in [-0.4, -0.2) is 52.4 Å². The average molecular weight is 383 g/mol. The number of carbonyl (C=O) groups is 1. The first-order valence-corrected chi connectivity index (χ1v) is 10.7. The lowest BCUT2D eigenvalue weighted by Gasteiger charge is -2.51. The van der Waals surface area contributed by atoms with E-state index in [1.165, 1.54) is 31.5 Å². The molecule has 3 aromatic rings. The third-order valence-corrected chi connectivity index (χ3v) is 7.35. The molecule has 2 aromatic carbocycles. The fourth-order valence-corrected chi connectivity index (χ4v) is 6.08. The minimum atomic E-state index is 0.150. The average Bonchev–Trinajstić information content (AvgIpc) is 3.23. The van der Waals surface area contributed by atoms with Gasteiger partial charge in [-0.2, -0.15) is 0 Å². The van der Waals surface area contributed by atoms with Gasteiger partial charge in [-0.05, 0) is 49.5 Å². The van der Waals surface area contributed by atoms with E-state index in [1.807, 2.05) is 30.3 Å². The van der Waals surface area contributed by atoms with Crippen LogP contribution in [0.3, 0.4) is 0 Å². The van der Waals surface area contributed by atoms with Gasteiger partial charge in [0, 0.05) is 30.1 Å². The van der Waals surface area contributed by atoms with Crippen LogP contribution in [0.5, 0.6) is 0 Å². The number of rotatable bonds is 2. The molecule has 0 radical (unpaired) electrons. The Morgan fingerprint density at radius 2 is 1.69 bits per heavy atom. The lowest BCUT2D eigenvalue weighted by atomic mass is 9.75. The Morgan fingerprint density at radius 1 is 0.897 bits per heavy atom. The minimum Gasteiger partial charge on any atom is -0.333 e. The quantitative estimate of drug-likeness (QED) is 0.673. The van der Waals surface area contributed by atoms with Crippen molar-refractivity contribution in [3.8, 4) is 0 Å². The Hall–Kier alpha value is -2.72. The zero-order valence-corrected chi connectivity index (χ0v) is 16.4. The molecule has 7 rings (SSSR count). The summed E-state index contributed by atoms with van der Waals surface area (Å²) in [6, 6.07) is 21.5. The summed E-state index contributed by atoms with van der Waals surface area (Å²) in [5.74, 6) is 1.15. The summed E-state index contributed by atoms with van der Waals surface area (Å²) >= 11 is 0. The number of hydrogen-bond donors (Lipinski definition) is 0. The molecule has 0 spiro atoms. The first-order chi connectivity index (χ1) is 14.3. The maximum Gasteiger partial charge on any atom is 0.256 e. The van der Waals surface area contributed by atoms with E-state index in [-0.39, 0.29) is 5.91 Å². The van der Waals surface area contributed by atoms with Crippen LogP contribution in [0.4, 0.5) is 0 Å². The highest BCUT2D eigenvalue weighted by Crippen LogP contribution is 2.47. The third-order valence-electron chi connectivity index (χ3n) is 7.35. The minimum absolute atomic E-state index is 0.150. The van der Waals surface area contributed by atoms with Crippen LogP contribution in [0.1, 0.15) is 34.7 Å². The van der Waals surface area contributed by atoms with E-state index in [2.05, 4.69) is 45.1 Å². The molecule has 3 atom stereocenters. The molecule has 1 aromatic heterocycles. The number of hydrogen-bond acceptors (Lipinski definition) is 3. The summed E-state index contributed by atoms with van der Waals surface area (Å²) in [4.78, 5) is 23.2. The molecule has 1 amide bonds. The molecule has 0 unspecified atom stereocenters. The first-order valence-electron chi connectivity index (χ1n) is 10.7. The molecule has 4 heteroatoms. The van der Waals surface area contributed by atoms with E-state index in [4.69, 9.17) is 0 Å². The lowest BCUT2D eigenvalue weighted by molar-refractivity contribution is -0.00335. The van der Waals surface area contributed by atoms with Crippen LogP contribution in [-0.2, 0) is 0 Å². The van der Waals surface area contributed by atoms with E-state index in [1.54, 1.807) is 6.20 Å². The number of fused-ring (bicyclic) bond motifs is 3. The van der Waals surface area contributed by atoms with Crippen LogP contribution < -0.4 is 0 Å². The van der Waals surface area contributed by atoms with Gasteiger partial charge in [0.25, 0.3) is 5.91 Å². The summed E-state index contributed by atoms with van der Waals surface area (Å²) in [6.45, 7) is 3.15. The number of aromatic nitrogens is 1. The van der Waals surface area contributed by atoms with Crippen molar-refractivity contribution in [2.75, 3.05) is 19.6 Å². The van der Waals surface area contributed by atoms with Crippen molar-refractivity contribution >= 4 is 16.8 Å². The molecule has 0 saturated carbocycles. The standard InChI is InChI=1S/C25H25N3O/c29-25(20-10-4-8-18-9-5-13-26-22(18)20)28-16-21(17-6-2-1-3-7-17)24-23(28)19-11-14-27(24)15-12-19/h1-10,13,19,21,23-24H,11-12,14-16H2/t21-,23+,24+/m0/s1. The number of piperidine rings is 3. The maximum absolute atomic E-state index is 13.8. The van der Waals surface area contributed by atoms with Crippen molar-refractivity contribution in [3.63, 3.8) is 0 Å². The summed E-state index contributed by atoms with van der Waals surface area (Å²) in [6.07, 6.45) is 4.20. The number of benzene rings is 2. The number of nitrogens with zero attached hydrogens (tertiary/aromatic N) is 3. The maximum atomic E-state index is 13.8. The van der Waals surface area contributed by atoms with Gasteiger partial charge < -0.3 is 4.90 Å². The van der Waals surface area contributed by atoms with Crippen molar-refractivity contribution in [1.29, 1.82) is 0 Å². The molecule has 4 nitrogen and oxygen atoms in total. The molecular formula is C25H25N3O. The topological polar surface area (TPSA) is 36.4 Å². The van der Waals surface area contributed by atoms with Gasteiger partial charge in [-0.3, -0.25) is 14.7 Å². The Balaban J connectivity index is 1.43. The van der Waals surface area contributed by atoms with Gasteiger partial charge in [0.2, 0.25) is 0 Å². The van der Waals surface area contributed by atoms with Crippen LogP contribution in [0.2, 0.25) is 0 Å². The van der Waals surface area contributed by atoms with Gasteiger partial charge in [-0.1, -0.05) is 48.5 Å². The van der Waals surface area contributed by atoms with Crippen molar-refractivity contribution < 1.29 is 4.79 Å². The van der Waals surface area contributed by atoms with Crippen LogP contribution in [0.15, 0.2) is 66.9 Å². The van der Waals surface area contributed by atoms with Crippen LogP contribution >= 0.6 is 0 Å². The first kappa shape index (κ1) is 17.2. The fourth-order valence-electron chi connectivity index (χ4n) is 6.08. The second-order valence-corrected chi connectivity index (χ2v) is 8.71. The second kappa shape index (κ2) is 6.67. The van der Waals surface area contributed by atoms with E-state index < -0.39 is 0 Å². The fraction of sp³-hybridized carbons (Fsp3) is 0.360. The molecule has 5 heterocycles. The Bertz CT molecular complexity index is 1050. The third kappa shape index (κ3) is 2.62. The number of para-hydroxylation sites is 1. The Labute approximate surface area is 171 Å². The molecule has 2 bridgehead atoms. The van der Waals surface area contributed by atoms with Crippen molar-refractivity contribution in [3.05, 3.63) is 78.0 Å². The van der Waals surface area contributed by atoms with Gasteiger partial charge >= 0.3 is 0 Å². The van der Waals surface area contributed by atoms with Crippen LogP contribution in [0.25, 0.3) is 10.9 Å². The van der Waals surface area contributed by atoms with Gasteiger partial charge in [0.15, 0.2) is 0 Å². The molecule has 0 N–H and O–H groups in total. The van der Waals surface area contributed by atoms with Gasteiger partial charge in [0.05, 0.1) is 17.1 Å². The smallest absolute Gasteiger partial charge is 0.256 e. The lowest BCUT2D eigenvalue weighted by Crippen LogP contribution is -2.60. The number of carbonyl (C=O) groups excluding carboxylic acids is 1. The predicted molar refractivity (Wildman–Crippen MR) is 114 cm³/mol. The Kier molecular flexibility index (Phi) is 3.95. The molecule has 0 aliphatic carbocycles. The van der Waals surface area contributed by atoms with Gasteiger partial charge in [-0.25, -0.2) is 0 Å². The van der Waals surface area contributed by atoms with Crippen LogP contribution in [0, 0.1) is 5.92 Å². The number of amides is 1. The molecule has 4 aliphatic heterocycles. The van der Waals surface area contributed by atoms with E-state index in [0.29, 0.717) is 23.9 Å². The van der Waals surface area contributed by atoms with Crippen molar-refractivity contribution in [2.45, 2.75) is 30.8 Å². The molecule has 146 valence electrons. The highest BCUT2D eigenvalue weighted by Gasteiger charge is 2.54. The predicted octanol–water partition coefficient (Wildman–Crippen LogP) is 3.94. The summed E-state index contributed by atoms with van der Waals surface area (Å²) in [5, 5.41) is 1.03. The largest absolute Gasteiger partial charge is 0.333 e.